The molecule has 0 aromatic carbocycles. The molecule has 0 bridgehead atoms. The zero-order valence-corrected chi connectivity index (χ0v) is 14.7. The number of allylic oxidation sites excluding steroid dienone is 4. The number of nitriles is 1. The molecule has 0 saturated carbocycles. The molecule has 0 spiro atoms. The summed E-state index contributed by atoms with van der Waals surface area (Å²) >= 11 is 12.2. The van der Waals surface area contributed by atoms with Gasteiger partial charge < -0.3 is 4.42 Å². The maximum atomic E-state index is 12.0. The molecule has 0 atom stereocenters. The van der Waals surface area contributed by atoms with Crippen molar-refractivity contribution in [3.8, 4) is 6.07 Å². The van der Waals surface area contributed by atoms with Gasteiger partial charge in [0.05, 0.1) is 0 Å². The van der Waals surface area contributed by atoms with Crippen LogP contribution in [0.25, 0.3) is 11.6 Å². The second kappa shape index (κ2) is 6.75. The molecule has 3 rings (SSSR count). The summed E-state index contributed by atoms with van der Waals surface area (Å²) in [4.78, 5) is 23.7. The molecule has 0 fully saturated rings. The highest BCUT2D eigenvalue weighted by atomic mass is 35.5. The molecular weight excluding hydrogens is 363 g/mol. The van der Waals surface area contributed by atoms with Crippen LogP contribution in [0.15, 0.2) is 49.4 Å². The number of imide groups is 1. The van der Waals surface area contributed by atoms with E-state index >= 15 is 0 Å². The van der Waals surface area contributed by atoms with Gasteiger partial charge in [0.1, 0.15) is 23.2 Å². The van der Waals surface area contributed by atoms with E-state index in [1.807, 2.05) is 0 Å². The summed E-state index contributed by atoms with van der Waals surface area (Å²) < 4.78 is 5.76. The zero-order valence-electron chi connectivity index (χ0n) is 13.2. The predicted molar refractivity (Wildman–Crippen MR) is 94.1 cm³/mol. The molecule has 0 saturated heterocycles. The topological polar surface area (TPSA) is 83.1 Å². The lowest BCUT2D eigenvalue weighted by molar-refractivity contribution is -0.126. The first-order valence-corrected chi connectivity index (χ1v) is 8.20. The third-order valence-electron chi connectivity index (χ3n) is 3.99. The Balaban J connectivity index is 1.99. The molecule has 1 aliphatic carbocycles. The van der Waals surface area contributed by atoms with E-state index in [0.717, 1.165) is 5.57 Å². The number of nitrogens with zero attached hydrogens (tertiary/aromatic N) is 1. The summed E-state index contributed by atoms with van der Waals surface area (Å²) in [6, 6.07) is 5.26. The van der Waals surface area contributed by atoms with E-state index in [2.05, 4.69) is 5.32 Å². The molecule has 2 aliphatic rings. The number of hydrogen-bond acceptors (Lipinski definition) is 4. The predicted octanol–water partition coefficient (Wildman–Crippen LogP) is 4.03. The van der Waals surface area contributed by atoms with Crippen LogP contribution in [-0.4, -0.2) is 11.8 Å². The second-order valence-corrected chi connectivity index (χ2v) is 6.47. The summed E-state index contributed by atoms with van der Waals surface area (Å²) in [6.07, 6.45) is 4.53. The fourth-order valence-corrected chi connectivity index (χ4v) is 3.23. The van der Waals surface area contributed by atoms with Gasteiger partial charge in [0.25, 0.3) is 11.8 Å². The average molecular weight is 375 g/mol. The Morgan fingerprint density at radius 3 is 2.68 bits per heavy atom. The highest BCUT2D eigenvalue weighted by Crippen LogP contribution is 2.36. The Morgan fingerprint density at radius 2 is 2.00 bits per heavy atom. The van der Waals surface area contributed by atoms with Crippen LogP contribution in [0.5, 0.6) is 0 Å². The van der Waals surface area contributed by atoms with E-state index in [9.17, 15) is 9.59 Å². The molecule has 126 valence electrons. The third kappa shape index (κ3) is 3.32. The van der Waals surface area contributed by atoms with Crippen molar-refractivity contribution in [3.63, 3.8) is 0 Å². The minimum atomic E-state index is -0.690. The molecule has 1 N–H and O–H groups in total. The summed E-state index contributed by atoms with van der Waals surface area (Å²) in [5.41, 5.74) is 1.28. The molecule has 1 aliphatic heterocycles. The number of amides is 2. The number of carbonyl (C=O) groups excluding carboxylic acids is 2. The maximum absolute atomic E-state index is 12.0. The fourth-order valence-electron chi connectivity index (χ4n) is 2.65. The largest absolute Gasteiger partial charge is 0.457 e. The number of nitrogens with one attached hydrogen (secondary N) is 1. The maximum Gasteiger partial charge on any atom is 0.269 e. The molecular formula is C18H12Cl2N2O3. The van der Waals surface area contributed by atoms with Gasteiger partial charge in [-0.15, -0.1) is 0 Å². The third-order valence-corrected chi connectivity index (χ3v) is 4.62. The van der Waals surface area contributed by atoms with Gasteiger partial charge in [-0.25, -0.2) is 0 Å². The summed E-state index contributed by atoms with van der Waals surface area (Å²) in [5.74, 6) is -0.246. The molecule has 0 unspecified atom stereocenters. The van der Waals surface area contributed by atoms with Crippen LogP contribution in [0.4, 0.5) is 0 Å². The number of furan rings is 1. The van der Waals surface area contributed by atoms with Crippen LogP contribution in [0.1, 0.15) is 31.3 Å². The van der Waals surface area contributed by atoms with Crippen molar-refractivity contribution >= 4 is 46.7 Å². The normalized spacial score (nSPS) is 19.9. The Hall–Kier alpha value is -2.55. The van der Waals surface area contributed by atoms with E-state index < -0.39 is 11.8 Å². The number of carbonyl (C=O) groups is 2. The molecule has 1 aromatic rings. The SMILES string of the molecule is CC1=C(C#N)C(=O)NC(=O)/C1=C/c1ccc(C2=C(Cl)C=C(Cl)CC2)o1. The zero-order chi connectivity index (χ0) is 18.1. The smallest absolute Gasteiger partial charge is 0.269 e. The lowest BCUT2D eigenvalue weighted by Crippen LogP contribution is -2.37. The molecule has 1 aromatic heterocycles. The van der Waals surface area contributed by atoms with Gasteiger partial charge >= 0.3 is 0 Å². The first kappa shape index (κ1) is 17.3. The average Bonchev–Trinajstić information content (AvgIpc) is 3.00. The Morgan fingerprint density at radius 1 is 1.24 bits per heavy atom. The Bertz CT molecular complexity index is 955. The van der Waals surface area contributed by atoms with Crippen LogP contribution >= 0.6 is 23.2 Å². The summed E-state index contributed by atoms with van der Waals surface area (Å²) in [5, 5.41) is 12.4. The van der Waals surface area contributed by atoms with Gasteiger partial charge in [0.15, 0.2) is 0 Å². The fraction of sp³-hybridized carbons (Fsp3) is 0.167. The van der Waals surface area contributed by atoms with Crippen LogP contribution in [0, 0.1) is 11.3 Å². The molecule has 2 amide bonds. The Kier molecular flexibility index (Phi) is 4.67. The van der Waals surface area contributed by atoms with E-state index in [0.29, 0.717) is 40.0 Å². The highest BCUT2D eigenvalue weighted by molar-refractivity contribution is 6.37. The van der Waals surface area contributed by atoms with Crippen molar-refractivity contribution < 1.29 is 14.0 Å². The van der Waals surface area contributed by atoms with Crippen LogP contribution < -0.4 is 5.32 Å². The van der Waals surface area contributed by atoms with Crippen molar-refractivity contribution in [1.82, 2.24) is 5.32 Å². The van der Waals surface area contributed by atoms with E-state index in [1.165, 1.54) is 6.08 Å². The Labute approximate surface area is 153 Å². The van der Waals surface area contributed by atoms with Gasteiger partial charge in [-0.3, -0.25) is 14.9 Å². The van der Waals surface area contributed by atoms with Crippen LogP contribution in [0.2, 0.25) is 0 Å². The van der Waals surface area contributed by atoms with E-state index in [-0.39, 0.29) is 11.1 Å². The number of rotatable bonds is 2. The minimum absolute atomic E-state index is 0.0876. The van der Waals surface area contributed by atoms with Gasteiger partial charge in [-0.2, -0.15) is 5.26 Å². The minimum Gasteiger partial charge on any atom is -0.457 e. The van der Waals surface area contributed by atoms with Crippen molar-refractivity contribution in [2.75, 3.05) is 0 Å². The summed E-state index contributed by atoms with van der Waals surface area (Å²) in [6.45, 7) is 1.55. The number of halogens is 2. The first-order chi connectivity index (χ1) is 11.9. The highest BCUT2D eigenvalue weighted by Gasteiger charge is 2.28. The van der Waals surface area contributed by atoms with Crippen molar-refractivity contribution in [2.24, 2.45) is 0 Å². The van der Waals surface area contributed by atoms with Crippen molar-refractivity contribution in [3.05, 3.63) is 56.5 Å². The van der Waals surface area contributed by atoms with Crippen LogP contribution in [0.3, 0.4) is 0 Å². The molecule has 0 radical (unpaired) electrons. The second-order valence-electron chi connectivity index (χ2n) is 5.57. The van der Waals surface area contributed by atoms with E-state index in [4.69, 9.17) is 32.9 Å². The quantitative estimate of drug-likeness (QED) is 0.625. The van der Waals surface area contributed by atoms with Crippen molar-refractivity contribution in [1.29, 1.82) is 5.26 Å². The number of hydrogen-bond donors (Lipinski definition) is 1. The lowest BCUT2D eigenvalue weighted by Gasteiger charge is -2.15. The molecule has 25 heavy (non-hydrogen) atoms. The lowest BCUT2D eigenvalue weighted by atomic mass is 9.96. The molecule has 7 heteroatoms. The van der Waals surface area contributed by atoms with E-state index in [1.54, 1.807) is 31.2 Å². The van der Waals surface area contributed by atoms with Gasteiger partial charge in [-0.05, 0) is 49.6 Å². The standard InChI is InChI=1S/C18H12Cl2N2O3/c1-9-13(17(23)22-18(24)14(9)8-21)7-11-3-5-16(25-11)12-4-2-10(19)6-15(12)20/h3,5-7H,2,4H2,1H3,(H,22,23,24)/b13-7+. The molecule has 2 heterocycles. The first-order valence-electron chi connectivity index (χ1n) is 7.44. The van der Waals surface area contributed by atoms with Crippen molar-refractivity contribution in [2.45, 2.75) is 19.8 Å². The van der Waals surface area contributed by atoms with Gasteiger partial charge in [0.2, 0.25) is 0 Å². The van der Waals surface area contributed by atoms with Gasteiger partial charge in [-0.1, -0.05) is 23.2 Å². The monoisotopic (exact) mass is 374 g/mol. The molecule has 5 nitrogen and oxygen atoms in total. The van der Waals surface area contributed by atoms with Gasteiger partial charge in [0, 0.05) is 21.2 Å². The van der Waals surface area contributed by atoms with Crippen LogP contribution in [-0.2, 0) is 9.59 Å². The summed E-state index contributed by atoms with van der Waals surface area (Å²) in [7, 11) is 0.